The van der Waals surface area contributed by atoms with Gasteiger partial charge in [-0.05, 0) is 13.8 Å². The molecule has 1 aromatic carbocycles. The maximum Gasteiger partial charge on any atom is -0.0398 e. The van der Waals surface area contributed by atoms with E-state index in [9.17, 15) is 0 Å². The monoisotopic (exact) mass is 190 g/mol. The second-order valence-electron chi connectivity index (χ2n) is 4.28. The summed E-state index contributed by atoms with van der Waals surface area (Å²) in [6.45, 7) is 4.19. The molecule has 0 unspecified atom stereocenters. The van der Waals surface area contributed by atoms with Crippen molar-refractivity contribution in [1.29, 1.82) is 0 Å². The van der Waals surface area contributed by atoms with Crippen molar-refractivity contribution >= 4 is 0 Å². The zero-order valence-electron chi connectivity index (χ0n) is 9.55. The predicted molar refractivity (Wildman–Crippen MR) is 63.6 cm³/mol. The van der Waals surface area contributed by atoms with Crippen LogP contribution in [0.5, 0.6) is 0 Å². The lowest BCUT2D eigenvalue weighted by molar-refractivity contribution is 0.504. The van der Waals surface area contributed by atoms with Crippen molar-refractivity contribution < 1.29 is 0 Å². The van der Waals surface area contributed by atoms with Gasteiger partial charge in [0, 0.05) is 0 Å². The topological polar surface area (TPSA) is 0 Å². The minimum Gasteiger partial charge on any atom is -0.0591 e. The van der Waals surface area contributed by atoms with Crippen LogP contribution in [-0.4, -0.2) is 0 Å². The van der Waals surface area contributed by atoms with Gasteiger partial charge < -0.3 is 0 Å². The molecule has 0 heteroatoms. The van der Waals surface area contributed by atoms with E-state index in [1.54, 1.807) is 0 Å². The van der Waals surface area contributed by atoms with Crippen LogP contribution in [0.4, 0.5) is 0 Å². The summed E-state index contributed by atoms with van der Waals surface area (Å²) in [5.74, 6) is 0. The molecule has 0 aromatic heterocycles. The highest BCUT2D eigenvalue weighted by molar-refractivity contribution is 5.19. The van der Waals surface area contributed by atoms with Crippen molar-refractivity contribution in [3.63, 3.8) is 0 Å². The van der Waals surface area contributed by atoms with Gasteiger partial charge in [0.1, 0.15) is 0 Å². The second kappa shape index (κ2) is 6.64. The zero-order valence-corrected chi connectivity index (χ0v) is 9.55. The molecule has 0 spiro atoms. The lowest BCUT2D eigenvalue weighted by atomic mass is 10.0. The molecular weight excluding hydrogens is 168 g/mol. The number of aryl methyl sites for hydroxylation is 2. The van der Waals surface area contributed by atoms with E-state index in [1.807, 2.05) is 0 Å². The Kier molecular flexibility index (Phi) is 5.36. The molecule has 0 atom stereocenters. The highest BCUT2D eigenvalue weighted by atomic mass is 14.0. The van der Waals surface area contributed by atoms with Gasteiger partial charge >= 0.3 is 0 Å². The fourth-order valence-electron chi connectivity index (χ4n) is 1.70. The molecule has 1 saturated carbocycles. The minimum absolute atomic E-state index is 1.33. The smallest absolute Gasteiger partial charge is 0.0398 e. The van der Waals surface area contributed by atoms with Crippen LogP contribution in [0.1, 0.15) is 49.7 Å². The fraction of sp³-hybridized carbons (Fsp3) is 0.571. The Morgan fingerprint density at radius 1 is 0.571 bits per heavy atom. The van der Waals surface area contributed by atoms with Crippen molar-refractivity contribution in [2.45, 2.75) is 52.4 Å². The van der Waals surface area contributed by atoms with Gasteiger partial charge in [0.2, 0.25) is 0 Å². The Balaban J connectivity index is 0.000000146. The Hall–Kier alpha value is -0.780. The van der Waals surface area contributed by atoms with E-state index >= 15 is 0 Å². The molecule has 0 nitrogen and oxygen atoms in total. The summed E-state index contributed by atoms with van der Waals surface area (Å²) in [5.41, 5.74) is 2.66. The van der Waals surface area contributed by atoms with Gasteiger partial charge in [0.05, 0.1) is 0 Å². The summed E-state index contributed by atoms with van der Waals surface area (Å²) in [5, 5.41) is 0. The average Bonchev–Trinajstić information content (AvgIpc) is 2.26. The first-order chi connectivity index (χ1) is 6.79. The highest BCUT2D eigenvalue weighted by Gasteiger charge is 1.95. The van der Waals surface area contributed by atoms with Gasteiger partial charge in [-0.15, -0.1) is 0 Å². The number of hydrogen-bond acceptors (Lipinski definition) is 0. The van der Waals surface area contributed by atoms with E-state index in [1.165, 1.54) is 49.7 Å². The van der Waals surface area contributed by atoms with Crippen molar-refractivity contribution in [2.24, 2.45) is 0 Å². The van der Waals surface area contributed by atoms with E-state index < -0.39 is 0 Å². The highest BCUT2D eigenvalue weighted by Crippen LogP contribution is 2.15. The molecule has 1 aliphatic carbocycles. The molecule has 0 amide bonds. The number of rotatable bonds is 0. The predicted octanol–water partition coefficient (Wildman–Crippen LogP) is 4.64. The summed E-state index contributed by atoms with van der Waals surface area (Å²) in [7, 11) is 0. The average molecular weight is 190 g/mol. The van der Waals surface area contributed by atoms with Crippen LogP contribution in [0.3, 0.4) is 0 Å². The Morgan fingerprint density at radius 3 is 1.00 bits per heavy atom. The van der Waals surface area contributed by atoms with E-state index in [0.29, 0.717) is 0 Å². The molecule has 0 bridgehead atoms. The molecule has 78 valence electrons. The van der Waals surface area contributed by atoms with E-state index in [0.717, 1.165) is 0 Å². The lowest BCUT2D eigenvalue weighted by Crippen LogP contribution is -1.85. The molecule has 0 heterocycles. The largest absolute Gasteiger partial charge is 0.0591 e. The second-order valence-corrected chi connectivity index (χ2v) is 4.28. The van der Waals surface area contributed by atoms with Crippen molar-refractivity contribution in [2.75, 3.05) is 0 Å². The van der Waals surface area contributed by atoms with Gasteiger partial charge in [-0.3, -0.25) is 0 Å². The first kappa shape index (κ1) is 11.3. The van der Waals surface area contributed by atoms with Crippen LogP contribution in [0.2, 0.25) is 0 Å². The first-order valence-corrected chi connectivity index (χ1v) is 5.82. The zero-order chi connectivity index (χ0) is 10.2. The van der Waals surface area contributed by atoms with Gasteiger partial charge in [0.25, 0.3) is 0 Å². The number of hydrogen-bond donors (Lipinski definition) is 0. The van der Waals surface area contributed by atoms with Crippen molar-refractivity contribution in [1.82, 2.24) is 0 Å². The maximum absolute atomic E-state index is 2.12. The Morgan fingerprint density at radius 2 is 0.786 bits per heavy atom. The Bertz CT molecular complexity index is 196. The maximum atomic E-state index is 2.12. The molecular formula is C14H22. The lowest BCUT2D eigenvalue weighted by Gasteiger charge is -2.05. The summed E-state index contributed by atoms with van der Waals surface area (Å²) in [6.07, 6.45) is 9.00. The summed E-state index contributed by atoms with van der Waals surface area (Å²) in [4.78, 5) is 0. The molecule has 2 rings (SSSR count). The molecule has 0 saturated heterocycles. The molecule has 0 N–H and O–H groups in total. The van der Waals surface area contributed by atoms with Crippen LogP contribution in [0.15, 0.2) is 24.3 Å². The van der Waals surface area contributed by atoms with E-state index in [2.05, 4.69) is 38.1 Å². The molecule has 1 aliphatic rings. The third-order valence-corrected chi connectivity index (χ3v) is 2.72. The summed E-state index contributed by atoms with van der Waals surface area (Å²) >= 11 is 0. The molecule has 0 aliphatic heterocycles. The van der Waals surface area contributed by atoms with Crippen LogP contribution in [-0.2, 0) is 0 Å². The normalized spacial score (nSPS) is 15.6. The molecule has 1 aromatic rings. The minimum atomic E-state index is 1.33. The first-order valence-electron chi connectivity index (χ1n) is 5.82. The third-order valence-electron chi connectivity index (χ3n) is 2.72. The molecule has 1 fully saturated rings. The molecule has 0 radical (unpaired) electrons. The van der Waals surface area contributed by atoms with Crippen LogP contribution >= 0.6 is 0 Å². The van der Waals surface area contributed by atoms with Gasteiger partial charge in [-0.1, -0.05) is 73.9 Å². The number of benzene rings is 1. The van der Waals surface area contributed by atoms with Crippen molar-refractivity contribution in [3.05, 3.63) is 35.4 Å². The Labute approximate surface area is 88.4 Å². The van der Waals surface area contributed by atoms with Gasteiger partial charge in [-0.2, -0.15) is 0 Å². The summed E-state index contributed by atoms with van der Waals surface area (Å²) in [6, 6.07) is 8.48. The van der Waals surface area contributed by atoms with Crippen molar-refractivity contribution in [3.8, 4) is 0 Å². The SMILES string of the molecule is C1CCCCC1.Cc1ccc(C)cc1. The van der Waals surface area contributed by atoms with Crippen LogP contribution < -0.4 is 0 Å². The third kappa shape index (κ3) is 5.06. The van der Waals surface area contributed by atoms with Crippen LogP contribution in [0.25, 0.3) is 0 Å². The van der Waals surface area contributed by atoms with E-state index in [4.69, 9.17) is 0 Å². The van der Waals surface area contributed by atoms with E-state index in [-0.39, 0.29) is 0 Å². The molecule has 14 heavy (non-hydrogen) atoms. The van der Waals surface area contributed by atoms with Crippen LogP contribution in [0, 0.1) is 13.8 Å². The quantitative estimate of drug-likeness (QED) is 0.559. The summed E-state index contributed by atoms with van der Waals surface area (Å²) < 4.78 is 0. The standard InChI is InChI=1S/C8H10.C6H12/c1-7-3-5-8(2)6-4-7;1-2-4-6-5-3-1/h3-6H,1-2H3;1-6H2. The van der Waals surface area contributed by atoms with Gasteiger partial charge in [-0.25, -0.2) is 0 Å². The fourth-order valence-corrected chi connectivity index (χ4v) is 1.70. The van der Waals surface area contributed by atoms with Gasteiger partial charge in [0.15, 0.2) is 0 Å².